The van der Waals surface area contributed by atoms with Gasteiger partial charge in [0.05, 0.1) is 36.9 Å². The van der Waals surface area contributed by atoms with Gasteiger partial charge in [-0.2, -0.15) is 0 Å². The van der Waals surface area contributed by atoms with Crippen molar-refractivity contribution in [1.29, 1.82) is 0 Å². The number of nitrogens with zero attached hydrogens (tertiary/aromatic N) is 2. The normalized spacial score (nSPS) is 11.0. The third-order valence-electron chi connectivity index (χ3n) is 5.62. The zero-order valence-electron chi connectivity index (χ0n) is 19.7. The van der Waals surface area contributed by atoms with Gasteiger partial charge in [0.2, 0.25) is 0 Å². The number of ether oxygens (including phenoxy) is 3. The van der Waals surface area contributed by atoms with Gasteiger partial charge in [0.1, 0.15) is 23.9 Å². The lowest BCUT2D eigenvalue weighted by molar-refractivity contribution is 0.0600. The third-order valence-corrected chi connectivity index (χ3v) is 5.97. The van der Waals surface area contributed by atoms with Crippen molar-refractivity contribution in [3.63, 3.8) is 0 Å². The lowest BCUT2D eigenvalue weighted by Crippen LogP contribution is -2.04. The van der Waals surface area contributed by atoms with Gasteiger partial charge >= 0.3 is 5.97 Å². The number of carbonyl (C=O) groups excluding carboxylic acids is 1. The van der Waals surface area contributed by atoms with Crippen LogP contribution in [0.1, 0.15) is 39.8 Å². The molecule has 0 fully saturated rings. The molecule has 0 aliphatic carbocycles. The van der Waals surface area contributed by atoms with Gasteiger partial charge in [0.25, 0.3) is 0 Å². The molecule has 176 valence electrons. The molecule has 7 heteroatoms. The van der Waals surface area contributed by atoms with Gasteiger partial charge in [0, 0.05) is 5.02 Å². The van der Waals surface area contributed by atoms with Gasteiger partial charge in [-0.05, 0) is 73.9 Å². The molecule has 0 spiro atoms. The number of aryl methyl sites for hydroxylation is 2. The molecule has 0 aliphatic heterocycles. The zero-order valence-corrected chi connectivity index (χ0v) is 20.5. The molecule has 0 radical (unpaired) electrons. The highest BCUT2D eigenvalue weighted by Crippen LogP contribution is 2.28. The van der Waals surface area contributed by atoms with Crippen LogP contribution >= 0.6 is 11.6 Å². The second-order valence-electron chi connectivity index (χ2n) is 8.02. The van der Waals surface area contributed by atoms with Gasteiger partial charge in [0.15, 0.2) is 0 Å². The number of rotatable bonds is 8. The van der Waals surface area contributed by atoms with Crippen LogP contribution in [0, 0.1) is 13.8 Å². The van der Waals surface area contributed by atoms with E-state index in [0.717, 1.165) is 39.3 Å². The van der Waals surface area contributed by atoms with Crippen molar-refractivity contribution in [3.05, 3.63) is 87.7 Å². The number of benzene rings is 3. The van der Waals surface area contributed by atoms with Crippen molar-refractivity contribution in [2.45, 2.75) is 33.9 Å². The SMILES string of the molecule is CCOc1ccc(Cn2c(C)nc3c(C)cc(COc4cccc(C(=O)OC)c4)cc32)c(Cl)c1. The van der Waals surface area contributed by atoms with E-state index in [0.29, 0.717) is 36.1 Å². The number of carbonyl (C=O) groups is 1. The van der Waals surface area contributed by atoms with E-state index in [-0.39, 0.29) is 0 Å². The molecule has 0 saturated heterocycles. The topological polar surface area (TPSA) is 62.6 Å². The Kier molecular flexibility index (Phi) is 7.08. The average Bonchev–Trinajstić information content (AvgIpc) is 3.15. The Morgan fingerprint density at radius 1 is 1.03 bits per heavy atom. The molecule has 0 aliphatic rings. The molecule has 6 nitrogen and oxygen atoms in total. The number of hydrogen-bond donors (Lipinski definition) is 0. The lowest BCUT2D eigenvalue weighted by Gasteiger charge is -2.12. The Hall–Kier alpha value is -3.51. The van der Waals surface area contributed by atoms with Crippen molar-refractivity contribution < 1.29 is 19.0 Å². The number of imidazole rings is 1. The minimum absolute atomic E-state index is 0.357. The van der Waals surface area contributed by atoms with Crippen molar-refractivity contribution in [2.24, 2.45) is 0 Å². The summed E-state index contributed by atoms with van der Waals surface area (Å²) in [4.78, 5) is 16.6. The van der Waals surface area contributed by atoms with E-state index in [9.17, 15) is 4.79 Å². The quantitative estimate of drug-likeness (QED) is 0.285. The van der Waals surface area contributed by atoms with E-state index < -0.39 is 5.97 Å². The number of aromatic nitrogens is 2. The van der Waals surface area contributed by atoms with Crippen LogP contribution in [0.3, 0.4) is 0 Å². The van der Waals surface area contributed by atoms with Gasteiger partial charge < -0.3 is 18.8 Å². The lowest BCUT2D eigenvalue weighted by atomic mass is 10.1. The van der Waals surface area contributed by atoms with Gasteiger partial charge in [-0.1, -0.05) is 29.8 Å². The van der Waals surface area contributed by atoms with Crippen molar-refractivity contribution in [1.82, 2.24) is 9.55 Å². The highest BCUT2D eigenvalue weighted by Gasteiger charge is 2.14. The first kappa shape index (κ1) is 23.6. The summed E-state index contributed by atoms with van der Waals surface area (Å²) in [6, 6.07) is 16.9. The average molecular weight is 479 g/mol. The summed E-state index contributed by atoms with van der Waals surface area (Å²) in [7, 11) is 1.36. The van der Waals surface area contributed by atoms with E-state index in [1.54, 1.807) is 18.2 Å². The van der Waals surface area contributed by atoms with Crippen molar-refractivity contribution >= 4 is 28.6 Å². The molecule has 3 aromatic carbocycles. The standard InChI is InChI=1S/C27H27ClN2O4/c1-5-33-23-10-9-21(24(28)14-23)15-30-18(3)29-26-17(2)11-19(12-25(26)30)16-34-22-8-6-7-20(13-22)27(31)32-4/h6-14H,5,15-16H2,1-4H3. The van der Waals surface area contributed by atoms with Gasteiger partial charge in [-0.15, -0.1) is 0 Å². The summed E-state index contributed by atoms with van der Waals surface area (Å²) in [5.74, 6) is 1.88. The molecule has 0 unspecified atom stereocenters. The van der Waals surface area contributed by atoms with Gasteiger partial charge in [-0.25, -0.2) is 9.78 Å². The predicted octanol–water partition coefficient (Wildman–Crippen LogP) is 6.12. The van der Waals surface area contributed by atoms with Crippen LogP contribution in [0.15, 0.2) is 54.6 Å². The predicted molar refractivity (Wildman–Crippen MR) is 133 cm³/mol. The number of fused-ring (bicyclic) bond motifs is 1. The summed E-state index contributed by atoms with van der Waals surface area (Å²) in [5, 5.41) is 0.661. The summed E-state index contributed by atoms with van der Waals surface area (Å²) >= 11 is 6.54. The van der Waals surface area contributed by atoms with Crippen LogP contribution < -0.4 is 9.47 Å². The Balaban J connectivity index is 1.60. The zero-order chi connectivity index (χ0) is 24.2. The Morgan fingerprint density at radius 3 is 2.56 bits per heavy atom. The molecule has 0 amide bonds. The minimum atomic E-state index is -0.393. The molecule has 1 aromatic heterocycles. The molecule has 0 atom stereocenters. The molecule has 4 rings (SSSR count). The van der Waals surface area contributed by atoms with E-state index >= 15 is 0 Å². The number of methoxy groups -OCH3 is 1. The fourth-order valence-electron chi connectivity index (χ4n) is 3.95. The maximum absolute atomic E-state index is 11.8. The minimum Gasteiger partial charge on any atom is -0.494 e. The molecule has 0 bridgehead atoms. The van der Waals surface area contributed by atoms with Crippen LogP contribution in [0.25, 0.3) is 11.0 Å². The largest absolute Gasteiger partial charge is 0.494 e. The first-order valence-electron chi connectivity index (χ1n) is 11.1. The molecule has 1 heterocycles. The van der Waals surface area contributed by atoms with Gasteiger partial charge in [-0.3, -0.25) is 0 Å². The van der Waals surface area contributed by atoms with Crippen LogP contribution in [-0.2, 0) is 17.9 Å². The Morgan fingerprint density at radius 2 is 1.82 bits per heavy atom. The fraction of sp³-hybridized carbons (Fsp3) is 0.259. The Labute approximate surface area is 204 Å². The monoisotopic (exact) mass is 478 g/mol. The second kappa shape index (κ2) is 10.2. The molecule has 4 aromatic rings. The van der Waals surface area contributed by atoms with E-state index in [4.69, 9.17) is 30.8 Å². The van der Waals surface area contributed by atoms with Crippen LogP contribution in [-0.4, -0.2) is 29.2 Å². The molecule has 34 heavy (non-hydrogen) atoms. The fourth-order valence-corrected chi connectivity index (χ4v) is 4.18. The van der Waals surface area contributed by atoms with Crippen molar-refractivity contribution in [3.8, 4) is 11.5 Å². The summed E-state index contributed by atoms with van der Waals surface area (Å²) in [5.41, 5.74) is 5.49. The summed E-state index contributed by atoms with van der Waals surface area (Å²) < 4.78 is 18.5. The highest BCUT2D eigenvalue weighted by atomic mass is 35.5. The maximum atomic E-state index is 11.8. The smallest absolute Gasteiger partial charge is 0.337 e. The first-order chi connectivity index (χ1) is 16.4. The summed E-state index contributed by atoms with van der Waals surface area (Å²) in [6.07, 6.45) is 0. The highest BCUT2D eigenvalue weighted by molar-refractivity contribution is 6.31. The summed E-state index contributed by atoms with van der Waals surface area (Å²) in [6.45, 7) is 7.54. The molecular weight excluding hydrogens is 452 g/mol. The third kappa shape index (κ3) is 5.02. The van der Waals surface area contributed by atoms with Crippen LogP contribution in [0.5, 0.6) is 11.5 Å². The van der Waals surface area contributed by atoms with E-state index in [1.807, 2.05) is 45.0 Å². The van der Waals surface area contributed by atoms with Crippen LogP contribution in [0.2, 0.25) is 5.02 Å². The molecule has 0 saturated carbocycles. The first-order valence-corrected chi connectivity index (χ1v) is 11.5. The second-order valence-corrected chi connectivity index (χ2v) is 8.43. The number of halogens is 1. The van der Waals surface area contributed by atoms with Crippen LogP contribution in [0.4, 0.5) is 0 Å². The van der Waals surface area contributed by atoms with E-state index in [1.165, 1.54) is 7.11 Å². The number of hydrogen-bond acceptors (Lipinski definition) is 5. The Bertz CT molecular complexity index is 1350. The molecule has 0 N–H and O–H groups in total. The maximum Gasteiger partial charge on any atom is 0.337 e. The van der Waals surface area contributed by atoms with Crippen molar-refractivity contribution in [2.75, 3.05) is 13.7 Å². The number of esters is 1. The molecular formula is C27H27ClN2O4. The van der Waals surface area contributed by atoms with E-state index in [2.05, 4.69) is 16.7 Å².